The third kappa shape index (κ3) is 4.65. The first kappa shape index (κ1) is 30.1. The van der Waals surface area contributed by atoms with Gasteiger partial charge >= 0.3 is 0 Å². The number of imide groups is 1. The van der Waals surface area contributed by atoms with Crippen molar-refractivity contribution in [2.45, 2.75) is 25.7 Å². The van der Waals surface area contributed by atoms with Gasteiger partial charge in [0.2, 0.25) is 11.8 Å². The number of Topliss-reactive ketones (excluding diaryl/α,β-unsaturated/α-hetero) is 1. The number of rotatable bonds is 4. The molecule has 5 aliphatic rings. The summed E-state index contributed by atoms with van der Waals surface area (Å²) in [5.74, 6) is -3.40. The zero-order valence-electron chi connectivity index (χ0n) is 24.6. The van der Waals surface area contributed by atoms with Crippen molar-refractivity contribution in [1.29, 1.82) is 0 Å². The number of carbonyl (C=O) groups excluding carboxylic acids is 4. The van der Waals surface area contributed by atoms with Gasteiger partial charge in [0.15, 0.2) is 23.1 Å². The predicted molar refractivity (Wildman–Crippen MR) is 173 cm³/mol. The number of hydrogen-bond donors (Lipinski definition) is 1. The van der Waals surface area contributed by atoms with Crippen LogP contribution in [0.1, 0.15) is 31.2 Å². The minimum atomic E-state index is -0.691. The highest BCUT2D eigenvalue weighted by Gasteiger charge is 2.57. The van der Waals surface area contributed by atoms with Gasteiger partial charge in [0, 0.05) is 45.9 Å². The highest BCUT2D eigenvalue weighted by atomic mass is 79.9. The van der Waals surface area contributed by atoms with Gasteiger partial charge in [-0.1, -0.05) is 11.6 Å². The lowest BCUT2D eigenvalue weighted by atomic mass is 9.59. The normalized spacial score (nSPS) is 26.4. The second-order valence-electron chi connectivity index (χ2n) is 12.0. The van der Waals surface area contributed by atoms with Crippen molar-refractivity contribution in [2.75, 3.05) is 43.2 Å². The summed E-state index contributed by atoms with van der Waals surface area (Å²) in [6, 6.07) is 9.13. The number of phenolic OH excluding ortho intramolecular Hbond substituents is 1. The number of halogens is 2. The Morgan fingerprint density at radius 3 is 2.33 bits per heavy atom. The van der Waals surface area contributed by atoms with Crippen LogP contribution in [0.3, 0.4) is 0 Å². The maximum Gasteiger partial charge on any atom is 0.238 e. The van der Waals surface area contributed by atoms with E-state index in [4.69, 9.17) is 9.47 Å². The van der Waals surface area contributed by atoms with E-state index >= 15 is 0 Å². The number of anilines is 2. The molecule has 2 saturated heterocycles. The molecular weight excluding hydrogens is 708 g/mol. The molecule has 2 aliphatic heterocycles. The Balaban J connectivity index is 1.30. The van der Waals surface area contributed by atoms with Crippen LogP contribution in [-0.2, 0) is 23.9 Å². The Bertz CT molecular complexity index is 1770. The van der Waals surface area contributed by atoms with E-state index in [0.717, 1.165) is 24.4 Å². The van der Waals surface area contributed by atoms with E-state index in [0.29, 0.717) is 56.6 Å². The summed E-state index contributed by atoms with van der Waals surface area (Å²) in [6.45, 7) is 4.48. The number of methoxy groups -OCH3 is 1. The van der Waals surface area contributed by atoms with Crippen molar-refractivity contribution in [1.82, 2.24) is 0 Å². The van der Waals surface area contributed by atoms with Crippen LogP contribution in [0.4, 0.5) is 11.4 Å². The SMILES string of the molecule is COc1cc([C@H]2C3=CC[C@@H]4C(=O)N(c5ccc(N6CCOCC6)cc5)C(=O)[C@@H]4[C@@H]3CC3=C2C(=O)C(C)=CC3=O)c(Br)c(Br)c1O. The van der Waals surface area contributed by atoms with Gasteiger partial charge in [-0.2, -0.15) is 0 Å². The highest BCUT2D eigenvalue weighted by Crippen LogP contribution is 2.57. The smallest absolute Gasteiger partial charge is 0.238 e. The van der Waals surface area contributed by atoms with Crippen molar-refractivity contribution in [3.05, 3.63) is 79.3 Å². The topological polar surface area (TPSA) is 113 Å². The van der Waals surface area contributed by atoms with Crippen LogP contribution in [-0.4, -0.2) is 61.9 Å². The average Bonchev–Trinajstić information content (AvgIpc) is 3.31. The molecule has 4 atom stereocenters. The second-order valence-corrected chi connectivity index (χ2v) is 13.6. The highest BCUT2D eigenvalue weighted by molar-refractivity contribution is 9.13. The van der Waals surface area contributed by atoms with E-state index in [1.165, 1.54) is 18.1 Å². The Morgan fingerprint density at radius 1 is 0.956 bits per heavy atom. The molecule has 1 N–H and O–H groups in total. The fourth-order valence-electron chi connectivity index (χ4n) is 7.58. The van der Waals surface area contributed by atoms with Crippen LogP contribution in [0.2, 0.25) is 0 Å². The standard InChI is InChI=1S/C34H30Br2N2O7/c1-16-13-24(39)22-14-21-19(26(28(22)31(16)40)23-15-25(44-2)32(41)30(36)29(23)35)7-8-20-27(21)34(43)38(33(20)42)18-5-3-17(4-6-18)37-9-11-45-12-10-37/h3-7,13,15,20-21,26-27,41H,8-12,14H2,1-2H3/t20-,21+,26+,27-/m0/s1. The molecule has 0 radical (unpaired) electrons. The number of nitrogens with zero attached hydrogens (tertiary/aromatic N) is 2. The molecule has 45 heavy (non-hydrogen) atoms. The summed E-state index contributed by atoms with van der Waals surface area (Å²) in [4.78, 5) is 58.9. The Labute approximate surface area is 276 Å². The second kappa shape index (κ2) is 11.4. The molecule has 0 spiro atoms. The van der Waals surface area contributed by atoms with Crippen LogP contribution in [0.5, 0.6) is 11.5 Å². The summed E-state index contributed by atoms with van der Waals surface area (Å²) in [5.41, 5.74) is 4.02. The lowest BCUT2D eigenvalue weighted by Crippen LogP contribution is -2.40. The van der Waals surface area contributed by atoms with Crippen molar-refractivity contribution in [3.63, 3.8) is 0 Å². The summed E-state index contributed by atoms with van der Waals surface area (Å²) < 4.78 is 11.8. The van der Waals surface area contributed by atoms with Crippen molar-refractivity contribution in [2.24, 2.45) is 17.8 Å². The minimum absolute atomic E-state index is 0.110. The van der Waals surface area contributed by atoms with Gasteiger partial charge in [-0.3, -0.25) is 24.1 Å². The fraction of sp³-hybridized carbons (Fsp3) is 0.353. The monoisotopic (exact) mass is 736 g/mol. The molecule has 2 heterocycles. The lowest BCUT2D eigenvalue weighted by molar-refractivity contribution is -0.123. The molecule has 11 heteroatoms. The summed E-state index contributed by atoms with van der Waals surface area (Å²) >= 11 is 7.04. The molecule has 0 aromatic heterocycles. The van der Waals surface area contributed by atoms with E-state index in [9.17, 15) is 24.3 Å². The molecule has 232 valence electrons. The largest absolute Gasteiger partial charge is 0.503 e. The predicted octanol–water partition coefficient (Wildman–Crippen LogP) is 5.40. The number of benzene rings is 2. The van der Waals surface area contributed by atoms with Crippen molar-refractivity contribution < 1.29 is 33.8 Å². The number of hydrogen-bond acceptors (Lipinski definition) is 8. The fourth-order valence-corrected chi connectivity index (χ4v) is 8.54. The van der Waals surface area contributed by atoms with Gasteiger partial charge in [-0.05, 0) is 99.5 Å². The zero-order chi connectivity index (χ0) is 31.7. The number of fused-ring (bicyclic) bond motifs is 3. The molecule has 0 saturated carbocycles. The van der Waals surface area contributed by atoms with Crippen LogP contribution in [0, 0.1) is 17.8 Å². The molecule has 3 aliphatic carbocycles. The summed E-state index contributed by atoms with van der Waals surface area (Å²) in [7, 11) is 1.44. The van der Waals surface area contributed by atoms with E-state index in [1.54, 1.807) is 13.0 Å². The van der Waals surface area contributed by atoms with E-state index in [1.807, 2.05) is 30.3 Å². The molecule has 2 amide bonds. The molecule has 0 unspecified atom stereocenters. The summed E-state index contributed by atoms with van der Waals surface area (Å²) in [5, 5.41) is 10.7. The third-order valence-corrected chi connectivity index (χ3v) is 11.9. The zero-order valence-corrected chi connectivity index (χ0v) is 27.8. The van der Waals surface area contributed by atoms with E-state index in [-0.39, 0.29) is 41.3 Å². The Morgan fingerprint density at radius 2 is 1.64 bits per heavy atom. The van der Waals surface area contributed by atoms with Crippen LogP contribution >= 0.6 is 31.9 Å². The molecule has 0 bridgehead atoms. The van der Waals surface area contributed by atoms with Gasteiger partial charge in [-0.15, -0.1) is 0 Å². The van der Waals surface area contributed by atoms with E-state index < -0.39 is 23.7 Å². The van der Waals surface area contributed by atoms with Crippen LogP contribution < -0.4 is 14.5 Å². The number of aromatic hydroxyl groups is 1. The maximum absolute atomic E-state index is 14.3. The minimum Gasteiger partial charge on any atom is -0.503 e. The number of morpholine rings is 1. The van der Waals surface area contributed by atoms with Gasteiger partial charge in [0.1, 0.15) is 0 Å². The third-order valence-electron chi connectivity index (χ3n) is 9.75. The Kier molecular flexibility index (Phi) is 7.61. The van der Waals surface area contributed by atoms with Gasteiger partial charge in [0.25, 0.3) is 0 Å². The van der Waals surface area contributed by atoms with Crippen molar-refractivity contribution >= 4 is 66.6 Å². The molecule has 2 fully saturated rings. The number of allylic oxidation sites excluding steroid dienone is 6. The quantitative estimate of drug-likeness (QED) is 0.253. The van der Waals surface area contributed by atoms with Gasteiger partial charge in [-0.25, -0.2) is 0 Å². The number of carbonyl (C=O) groups is 4. The summed E-state index contributed by atoms with van der Waals surface area (Å²) in [6.07, 6.45) is 3.85. The number of amides is 2. The van der Waals surface area contributed by atoms with Crippen LogP contribution in [0.15, 0.2) is 73.7 Å². The first-order valence-corrected chi connectivity index (χ1v) is 16.5. The molecule has 9 nitrogen and oxygen atoms in total. The van der Waals surface area contributed by atoms with E-state index in [2.05, 4.69) is 36.8 Å². The number of ketones is 2. The number of ether oxygens (including phenoxy) is 2. The number of phenols is 1. The van der Waals surface area contributed by atoms with Crippen molar-refractivity contribution in [3.8, 4) is 11.5 Å². The maximum atomic E-state index is 14.3. The molecular formula is C34H30Br2N2O7. The lowest BCUT2D eigenvalue weighted by Gasteiger charge is -2.42. The first-order chi connectivity index (χ1) is 21.6. The first-order valence-electron chi connectivity index (χ1n) is 14.9. The molecule has 2 aromatic rings. The average molecular weight is 738 g/mol. The van der Waals surface area contributed by atoms with Gasteiger partial charge in [0.05, 0.1) is 42.3 Å². The van der Waals surface area contributed by atoms with Gasteiger partial charge < -0.3 is 19.5 Å². The molecule has 7 rings (SSSR count). The van der Waals surface area contributed by atoms with Crippen LogP contribution in [0.25, 0.3) is 0 Å². The Hall–Kier alpha value is -3.54. The molecule has 2 aromatic carbocycles.